The van der Waals surface area contributed by atoms with Gasteiger partial charge in [-0.05, 0) is 25.7 Å². The summed E-state index contributed by atoms with van der Waals surface area (Å²) in [4.78, 5) is 9.44. The van der Waals surface area contributed by atoms with Gasteiger partial charge in [-0.25, -0.2) is 0 Å². The number of hydrogen-bond acceptors (Lipinski definition) is 1. The third kappa shape index (κ3) is 36.1. The second-order valence-corrected chi connectivity index (χ2v) is 5.69. The lowest BCUT2D eigenvalue weighted by Crippen LogP contribution is -2.08. The Morgan fingerprint density at radius 1 is 0.778 bits per heavy atom. The van der Waals surface area contributed by atoms with E-state index >= 15 is 0 Å². The predicted molar refractivity (Wildman–Crippen MR) is 85.1 cm³/mol. The Kier molecular flexibility index (Phi) is 24.1. The van der Waals surface area contributed by atoms with Gasteiger partial charge < -0.3 is 4.79 Å². The summed E-state index contributed by atoms with van der Waals surface area (Å²) in [6, 6.07) is 0. The van der Waals surface area contributed by atoms with Gasteiger partial charge in [-0.15, -0.1) is 0 Å². The van der Waals surface area contributed by atoms with E-state index in [1.807, 2.05) is 0 Å². The van der Waals surface area contributed by atoms with E-state index in [9.17, 15) is 4.79 Å². The molecule has 0 aromatic heterocycles. The Balaban J connectivity index is -0.000000192. The molecule has 1 aliphatic carbocycles. The summed E-state index contributed by atoms with van der Waals surface area (Å²) in [7, 11) is 0. The van der Waals surface area contributed by atoms with E-state index in [4.69, 9.17) is 0 Å². The van der Waals surface area contributed by atoms with Gasteiger partial charge in [0.25, 0.3) is 0 Å². The molecular weight excluding hydrogens is 220 g/mol. The molecule has 1 saturated carbocycles. The zero-order valence-corrected chi connectivity index (χ0v) is 14.3. The van der Waals surface area contributed by atoms with Crippen molar-refractivity contribution in [1.82, 2.24) is 0 Å². The lowest BCUT2D eigenvalue weighted by molar-refractivity contribution is -0.114. The zero-order valence-electron chi connectivity index (χ0n) is 14.3. The first-order valence-electron chi connectivity index (χ1n) is 7.82. The second kappa shape index (κ2) is 19.0. The van der Waals surface area contributed by atoms with Crippen molar-refractivity contribution in [2.75, 3.05) is 0 Å². The van der Waals surface area contributed by atoms with E-state index in [1.165, 1.54) is 52.4 Å². The fourth-order valence-electron chi connectivity index (χ4n) is 1.43. The minimum absolute atomic E-state index is 0.167. The average Bonchev–Trinajstić information content (AvgIpc) is 2.24. The second-order valence-electron chi connectivity index (χ2n) is 5.69. The van der Waals surface area contributed by atoms with Crippen molar-refractivity contribution in [3.63, 3.8) is 0 Å². The summed E-state index contributed by atoms with van der Waals surface area (Å²) >= 11 is 0. The Hall–Kier alpha value is -0.330. The lowest BCUT2D eigenvalue weighted by atomic mass is 9.84. The molecule has 0 saturated heterocycles. The van der Waals surface area contributed by atoms with E-state index in [1.54, 1.807) is 0 Å². The van der Waals surface area contributed by atoms with Crippen LogP contribution in [0.2, 0.25) is 0 Å². The maximum Gasteiger partial charge on any atom is 0.126 e. The van der Waals surface area contributed by atoms with Gasteiger partial charge in [0.15, 0.2) is 0 Å². The fourth-order valence-corrected chi connectivity index (χ4v) is 1.43. The Bertz CT molecular complexity index is 128. The largest absolute Gasteiger partial charge is 0.300 e. The van der Waals surface area contributed by atoms with E-state index in [0.717, 1.165) is 11.8 Å². The molecule has 1 heteroatoms. The van der Waals surface area contributed by atoms with Gasteiger partial charge in [0, 0.05) is 0 Å². The maximum atomic E-state index is 9.44. The molecule has 1 fully saturated rings. The topological polar surface area (TPSA) is 17.1 Å². The van der Waals surface area contributed by atoms with E-state index in [0.29, 0.717) is 0 Å². The first-order valence-corrected chi connectivity index (χ1v) is 7.82. The van der Waals surface area contributed by atoms with Crippen molar-refractivity contribution in [1.29, 1.82) is 0 Å². The zero-order chi connectivity index (χ0) is 15.0. The summed E-state index contributed by atoms with van der Waals surface area (Å²) in [6.45, 7) is 16.3. The molecule has 0 aliphatic heterocycles. The number of hydrogen-bond donors (Lipinski definition) is 0. The summed E-state index contributed by atoms with van der Waals surface area (Å²) in [5.41, 5.74) is 0. The molecule has 0 aromatic carbocycles. The summed E-state index contributed by atoms with van der Waals surface area (Å²) in [5, 5.41) is 0. The molecule has 0 bridgehead atoms. The summed E-state index contributed by atoms with van der Waals surface area (Å²) < 4.78 is 0. The van der Waals surface area contributed by atoms with Crippen molar-refractivity contribution in [3.8, 4) is 0 Å². The maximum absolute atomic E-state index is 9.44. The molecule has 1 aliphatic rings. The fraction of sp³-hybridized carbons (Fsp3) is 0.941. The normalized spacial score (nSPS) is 21.1. The predicted octanol–water partition coefficient (Wildman–Crippen LogP) is 6.26. The monoisotopic (exact) mass is 258 g/mol. The molecule has 0 radical (unpaired) electrons. The quantitative estimate of drug-likeness (QED) is 0.501. The smallest absolute Gasteiger partial charge is 0.126 e. The SMILES string of the molecule is CC(C)=O.CC1CCC(C)CC1.CCC.CCC. The number of carbonyl (C=O) groups excluding carboxylic acids is 1. The number of Topliss-reactive ketones (excluding diaryl/α,β-unsaturated/α-hetero) is 1. The van der Waals surface area contributed by atoms with Crippen LogP contribution in [0.5, 0.6) is 0 Å². The van der Waals surface area contributed by atoms with Gasteiger partial charge in [-0.2, -0.15) is 0 Å². The third-order valence-electron chi connectivity index (χ3n) is 2.30. The van der Waals surface area contributed by atoms with Crippen LogP contribution in [-0.2, 0) is 4.79 Å². The van der Waals surface area contributed by atoms with Crippen molar-refractivity contribution in [2.45, 2.75) is 93.9 Å². The van der Waals surface area contributed by atoms with Crippen LogP contribution in [0.3, 0.4) is 0 Å². The van der Waals surface area contributed by atoms with Crippen LogP contribution in [0.4, 0.5) is 0 Å². The van der Waals surface area contributed by atoms with Gasteiger partial charge in [0.1, 0.15) is 5.78 Å². The van der Waals surface area contributed by atoms with Crippen molar-refractivity contribution < 1.29 is 4.79 Å². The van der Waals surface area contributed by atoms with Crippen LogP contribution in [0.1, 0.15) is 93.9 Å². The lowest BCUT2D eigenvalue weighted by Gasteiger charge is -2.22. The number of rotatable bonds is 0. The standard InChI is InChI=1S/C8H16.C3H6O.2C3H8/c1-7-3-5-8(2)6-4-7;1-3(2)4;2*1-3-2/h7-8H,3-6H2,1-2H3;1-2H3;2*3H2,1-2H3. The van der Waals surface area contributed by atoms with E-state index in [-0.39, 0.29) is 5.78 Å². The first-order chi connectivity index (χ1) is 8.35. The van der Waals surface area contributed by atoms with E-state index < -0.39 is 0 Å². The molecular formula is C17H38O. The van der Waals surface area contributed by atoms with Gasteiger partial charge in [-0.1, -0.05) is 80.1 Å². The Morgan fingerprint density at radius 2 is 0.889 bits per heavy atom. The first kappa shape index (κ1) is 22.8. The average molecular weight is 258 g/mol. The van der Waals surface area contributed by atoms with Gasteiger partial charge >= 0.3 is 0 Å². The van der Waals surface area contributed by atoms with Crippen LogP contribution < -0.4 is 0 Å². The molecule has 0 spiro atoms. The summed E-state index contributed by atoms with van der Waals surface area (Å²) in [5.74, 6) is 2.21. The molecule has 0 unspecified atom stereocenters. The highest BCUT2D eigenvalue weighted by molar-refractivity contribution is 5.72. The molecule has 112 valence electrons. The van der Waals surface area contributed by atoms with Crippen molar-refractivity contribution in [3.05, 3.63) is 0 Å². The van der Waals surface area contributed by atoms with Crippen LogP contribution in [-0.4, -0.2) is 5.78 Å². The van der Waals surface area contributed by atoms with Crippen molar-refractivity contribution >= 4 is 5.78 Å². The van der Waals surface area contributed by atoms with Crippen LogP contribution in [0.25, 0.3) is 0 Å². The van der Waals surface area contributed by atoms with Crippen LogP contribution in [0, 0.1) is 11.8 Å². The minimum Gasteiger partial charge on any atom is -0.300 e. The molecule has 0 amide bonds. The highest BCUT2D eigenvalue weighted by Gasteiger charge is 2.13. The van der Waals surface area contributed by atoms with Gasteiger partial charge in [0.05, 0.1) is 0 Å². The Morgan fingerprint density at radius 3 is 1.00 bits per heavy atom. The minimum atomic E-state index is 0.167. The molecule has 18 heavy (non-hydrogen) atoms. The Labute approximate surface area is 117 Å². The molecule has 0 heterocycles. The van der Waals surface area contributed by atoms with Crippen LogP contribution in [0.15, 0.2) is 0 Å². The van der Waals surface area contributed by atoms with Gasteiger partial charge in [-0.3, -0.25) is 0 Å². The van der Waals surface area contributed by atoms with Gasteiger partial charge in [0.2, 0.25) is 0 Å². The van der Waals surface area contributed by atoms with Crippen molar-refractivity contribution in [2.24, 2.45) is 11.8 Å². The van der Waals surface area contributed by atoms with Crippen LogP contribution >= 0.6 is 0 Å². The molecule has 1 nitrogen and oxygen atoms in total. The highest BCUT2D eigenvalue weighted by atomic mass is 16.1. The molecule has 0 atom stereocenters. The van der Waals surface area contributed by atoms with E-state index in [2.05, 4.69) is 41.5 Å². The molecule has 0 aromatic rings. The molecule has 0 N–H and O–H groups in total. The summed E-state index contributed by atoms with van der Waals surface area (Å²) in [6.07, 6.45) is 8.39. The number of carbonyl (C=O) groups is 1. The number of ketones is 1. The molecule has 1 rings (SSSR count). The third-order valence-corrected chi connectivity index (χ3v) is 2.30. The highest BCUT2D eigenvalue weighted by Crippen LogP contribution is 2.27.